The molecule has 0 aliphatic carbocycles. The highest BCUT2D eigenvalue weighted by atomic mass is 32.2. The van der Waals surface area contributed by atoms with Crippen molar-refractivity contribution in [2.75, 3.05) is 25.1 Å². The SMILES string of the molecule is COc1cccc(CNC(=O)CN(c2ccccc2OC)S(=O)(=O)/C=C/c2ccccc2)c1. The van der Waals surface area contributed by atoms with Gasteiger partial charge in [0.15, 0.2) is 0 Å². The number of amides is 1. The van der Waals surface area contributed by atoms with Crippen molar-refractivity contribution in [2.45, 2.75) is 6.54 Å². The summed E-state index contributed by atoms with van der Waals surface area (Å²) in [7, 11) is -0.986. The number of anilines is 1. The van der Waals surface area contributed by atoms with Gasteiger partial charge in [-0.2, -0.15) is 0 Å². The number of hydrogen-bond acceptors (Lipinski definition) is 5. The summed E-state index contributed by atoms with van der Waals surface area (Å²) in [6.45, 7) is -0.179. The molecule has 172 valence electrons. The largest absolute Gasteiger partial charge is 0.497 e. The van der Waals surface area contributed by atoms with Crippen LogP contribution in [0.3, 0.4) is 0 Å². The standard InChI is InChI=1S/C25H26N2O5S/c1-31-22-12-8-11-21(17-22)18-26-25(28)19-27(23-13-6-7-14-24(23)32-2)33(29,30)16-15-20-9-4-3-5-10-20/h3-17H,18-19H2,1-2H3,(H,26,28)/b16-15+. The molecule has 3 aromatic carbocycles. The van der Waals surface area contributed by atoms with Gasteiger partial charge in [0.1, 0.15) is 18.0 Å². The molecule has 0 heterocycles. The van der Waals surface area contributed by atoms with Crippen LogP contribution in [-0.2, 0) is 21.4 Å². The van der Waals surface area contributed by atoms with Crippen molar-refractivity contribution < 1.29 is 22.7 Å². The Morgan fingerprint density at radius 2 is 1.67 bits per heavy atom. The van der Waals surface area contributed by atoms with Crippen molar-refractivity contribution in [1.29, 1.82) is 0 Å². The number of methoxy groups -OCH3 is 2. The van der Waals surface area contributed by atoms with E-state index in [4.69, 9.17) is 9.47 Å². The second kappa shape index (κ2) is 11.2. The van der Waals surface area contributed by atoms with Gasteiger partial charge in [0, 0.05) is 6.54 Å². The first-order valence-corrected chi connectivity index (χ1v) is 11.7. The molecule has 7 nitrogen and oxygen atoms in total. The van der Waals surface area contributed by atoms with E-state index in [0.29, 0.717) is 11.5 Å². The lowest BCUT2D eigenvalue weighted by Gasteiger charge is -2.24. The van der Waals surface area contributed by atoms with Gasteiger partial charge in [-0.1, -0.05) is 54.6 Å². The fourth-order valence-electron chi connectivity index (χ4n) is 3.12. The van der Waals surface area contributed by atoms with Crippen LogP contribution in [0.25, 0.3) is 6.08 Å². The zero-order chi connectivity index (χ0) is 23.7. The van der Waals surface area contributed by atoms with E-state index < -0.39 is 22.5 Å². The molecular formula is C25H26N2O5S. The number of carbonyl (C=O) groups excluding carboxylic acids is 1. The van der Waals surface area contributed by atoms with Gasteiger partial charge in [0.25, 0.3) is 10.0 Å². The molecule has 3 aromatic rings. The summed E-state index contributed by atoms with van der Waals surface area (Å²) in [4.78, 5) is 12.8. The molecule has 8 heteroatoms. The fraction of sp³-hybridized carbons (Fsp3) is 0.160. The molecule has 0 aliphatic rings. The number of carbonyl (C=O) groups is 1. The van der Waals surface area contributed by atoms with E-state index in [-0.39, 0.29) is 12.2 Å². The van der Waals surface area contributed by atoms with Crippen LogP contribution in [0.5, 0.6) is 11.5 Å². The number of ether oxygens (including phenoxy) is 2. The predicted molar refractivity (Wildman–Crippen MR) is 130 cm³/mol. The Labute approximate surface area is 194 Å². The molecule has 0 aromatic heterocycles. The van der Waals surface area contributed by atoms with Crippen LogP contribution >= 0.6 is 0 Å². The molecule has 1 amide bonds. The van der Waals surface area contributed by atoms with Crippen LogP contribution in [0, 0.1) is 0 Å². The minimum absolute atomic E-state index is 0.232. The molecular weight excluding hydrogens is 440 g/mol. The zero-order valence-corrected chi connectivity index (χ0v) is 19.3. The molecule has 1 N–H and O–H groups in total. The highest BCUT2D eigenvalue weighted by Crippen LogP contribution is 2.30. The Balaban J connectivity index is 1.84. The van der Waals surface area contributed by atoms with E-state index in [2.05, 4.69) is 5.32 Å². The first-order chi connectivity index (χ1) is 15.9. The van der Waals surface area contributed by atoms with Gasteiger partial charge in [0.05, 0.1) is 25.3 Å². The fourth-order valence-corrected chi connectivity index (χ4v) is 4.32. The highest BCUT2D eigenvalue weighted by molar-refractivity contribution is 7.95. The zero-order valence-electron chi connectivity index (χ0n) is 18.5. The molecule has 33 heavy (non-hydrogen) atoms. The topological polar surface area (TPSA) is 84.9 Å². The summed E-state index contributed by atoms with van der Waals surface area (Å²) in [5.74, 6) is 0.557. The van der Waals surface area contributed by atoms with Gasteiger partial charge < -0.3 is 14.8 Å². The van der Waals surface area contributed by atoms with E-state index in [9.17, 15) is 13.2 Å². The Bertz CT molecular complexity index is 1210. The van der Waals surface area contributed by atoms with Gasteiger partial charge in [-0.05, 0) is 41.5 Å². The van der Waals surface area contributed by atoms with Crippen molar-refractivity contribution in [3.05, 3.63) is 95.4 Å². The molecule has 0 unspecified atom stereocenters. The number of sulfonamides is 1. The summed E-state index contributed by atoms with van der Waals surface area (Å²) in [5.41, 5.74) is 1.83. The summed E-state index contributed by atoms with van der Waals surface area (Å²) in [6.07, 6.45) is 1.49. The lowest BCUT2D eigenvalue weighted by Crippen LogP contribution is -2.40. The first-order valence-electron chi connectivity index (χ1n) is 10.2. The summed E-state index contributed by atoms with van der Waals surface area (Å²) >= 11 is 0. The maximum absolute atomic E-state index is 13.3. The van der Waals surface area contributed by atoms with Crippen molar-refractivity contribution in [3.8, 4) is 11.5 Å². The normalized spacial score (nSPS) is 11.2. The molecule has 3 rings (SSSR count). The summed E-state index contributed by atoms with van der Waals surface area (Å²) in [5, 5.41) is 3.86. The van der Waals surface area contributed by atoms with Crippen LogP contribution in [0.15, 0.2) is 84.3 Å². The van der Waals surface area contributed by atoms with Gasteiger partial charge in [0.2, 0.25) is 5.91 Å². The van der Waals surface area contributed by atoms with Crippen LogP contribution in [-0.4, -0.2) is 35.1 Å². The Kier molecular flexibility index (Phi) is 8.10. The van der Waals surface area contributed by atoms with Crippen LogP contribution < -0.4 is 19.1 Å². The van der Waals surface area contributed by atoms with E-state index in [1.807, 2.05) is 30.3 Å². The number of benzene rings is 3. The number of rotatable bonds is 10. The number of nitrogens with one attached hydrogen (secondary N) is 1. The third-order valence-corrected chi connectivity index (χ3v) is 6.22. The van der Waals surface area contributed by atoms with Crippen molar-refractivity contribution >= 4 is 27.7 Å². The van der Waals surface area contributed by atoms with E-state index >= 15 is 0 Å². The lowest BCUT2D eigenvalue weighted by molar-refractivity contribution is -0.119. The molecule has 0 spiro atoms. The molecule has 0 bridgehead atoms. The average molecular weight is 467 g/mol. The van der Waals surface area contributed by atoms with Crippen molar-refractivity contribution in [1.82, 2.24) is 5.32 Å². The molecule has 0 radical (unpaired) electrons. The Hall–Kier alpha value is -3.78. The lowest BCUT2D eigenvalue weighted by atomic mass is 10.2. The van der Waals surface area contributed by atoms with Gasteiger partial charge in [-0.15, -0.1) is 0 Å². The van der Waals surface area contributed by atoms with E-state index in [0.717, 1.165) is 20.8 Å². The second-order valence-corrected chi connectivity index (χ2v) is 8.81. The first kappa shape index (κ1) is 23.9. The smallest absolute Gasteiger partial charge is 0.258 e. The Morgan fingerprint density at radius 3 is 2.39 bits per heavy atom. The maximum Gasteiger partial charge on any atom is 0.258 e. The summed E-state index contributed by atoms with van der Waals surface area (Å²) < 4.78 is 38.1. The highest BCUT2D eigenvalue weighted by Gasteiger charge is 2.25. The van der Waals surface area contributed by atoms with E-state index in [1.54, 1.807) is 55.6 Å². The monoisotopic (exact) mass is 466 g/mol. The molecule has 0 fully saturated rings. The van der Waals surface area contributed by atoms with Crippen molar-refractivity contribution in [3.63, 3.8) is 0 Å². The Morgan fingerprint density at radius 1 is 0.939 bits per heavy atom. The molecule has 0 saturated heterocycles. The summed E-state index contributed by atoms with van der Waals surface area (Å²) in [6, 6.07) is 23.0. The quantitative estimate of drug-likeness (QED) is 0.491. The van der Waals surface area contributed by atoms with Gasteiger partial charge in [-0.25, -0.2) is 8.42 Å². The van der Waals surface area contributed by atoms with E-state index in [1.165, 1.54) is 13.2 Å². The van der Waals surface area contributed by atoms with Gasteiger partial charge in [-0.3, -0.25) is 9.10 Å². The number of hydrogen-bond donors (Lipinski definition) is 1. The average Bonchev–Trinajstić information content (AvgIpc) is 2.85. The van der Waals surface area contributed by atoms with Crippen LogP contribution in [0.1, 0.15) is 11.1 Å². The minimum atomic E-state index is -4.00. The third kappa shape index (κ3) is 6.60. The number of para-hydroxylation sites is 2. The number of nitrogens with zero attached hydrogens (tertiary/aromatic N) is 1. The second-order valence-electron chi connectivity index (χ2n) is 7.07. The third-order valence-electron chi connectivity index (χ3n) is 4.80. The van der Waals surface area contributed by atoms with Crippen LogP contribution in [0.2, 0.25) is 0 Å². The molecule has 0 atom stereocenters. The molecule has 0 aliphatic heterocycles. The minimum Gasteiger partial charge on any atom is -0.497 e. The van der Waals surface area contributed by atoms with Crippen LogP contribution in [0.4, 0.5) is 5.69 Å². The van der Waals surface area contributed by atoms with Gasteiger partial charge >= 0.3 is 0 Å². The maximum atomic E-state index is 13.3. The predicted octanol–water partition coefficient (Wildman–Crippen LogP) is 3.83. The molecule has 0 saturated carbocycles. The van der Waals surface area contributed by atoms with Crippen molar-refractivity contribution in [2.24, 2.45) is 0 Å².